The standard InChI is InChI=1S/C21H21Cl2N5O/c1-27-10-9-17-16(11-27)25-20(28(17)2)21(29)26-15-8-4-6-13(19(15)23)12-5-3-7-14(24)18(12)22/h3-8H,9-11,24H2,1-2H3,(H,26,29). The molecule has 29 heavy (non-hydrogen) atoms. The minimum Gasteiger partial charge on any atom is -0.398 e. The second-order valence-electron chi connectivity index (χ2n) is 7.21. The highest BCUT2D eigenvalue weighted by molar-refractivity contribution is 6.39. The van der Waals surface area contributed by atoms with Gasteiger partial charge in [0.15, 0.2) is 5.82 Å². The van der Waals surface area contributed by atoms with E-state index in [4.69, 9.17) is 28.9 Å². The third-order valence-corrected chi connectivity index (χ3v) is 6.04. The van der Waals surface area contributed by atoms with Crippen LogP contribution in [-0.4, -0.2) is 34.0 Å². The average molecular weight is 430 g/mol. The van der Waals surface area contributed by atoms with E-state index >= 15 is 0 Å². The average Bonchev–Trinajstić information content (AvgIpc) is 3.02. The van der Waals surface area contributed by atoms with E-state index in [1.54, 1.807) is 12.1 Å². The van der Waals surface area contributed by atoms with E-state index in [9.17, 15) is 4.79 Å². The van der Waals surface area contributed by atoms with Gasteiger partial charge in [-0.05, 0) is 19.2 Å². The van der Waals surface area contributed by atoms with Gasteiger partial charge in [-0.25, -0.2) is 4.98 Å². The summed E-state index contributed by atoms with van der Waals surface area (Å²) in [6.45, 7) is 1.68. The first-order chi connectivity index (χ1) is 13.9. The molecule has 2 aromatic carbocycles. The van der Waals surface area contributed by atoms with E-state index in [-0.39, 0.29) is 5.91 Å². The third kappa shape index (κ3) is 3.59. The van der Waals surface area contributed by atoms with Crippen molar-refractivity contribution in [1.82, 2.24) is 14.5 Å². The molecule has 0 aliphatic carbocycles. The number of likely N-dealkylation sites (N-methyl/N-ethyl adjacent to an activating group) is 1. The molecule has 1 amide bonds. The van der Waals surface area contributed by atoms with Crippen LogP contribution >= 0.6 is 23.2 Å². The number of amides is 1. The fourth-order valence-electron chi connectivity index (χ4n) is 3.63. The Morgan fingerprint density at radius 1 is 1.10 bits per heavy atom. The van der Waals surface area contributed by atoms with E-state index in [0.717, 1.165) is 30.9 Å². The molecular weight excluding hydrogens is 409 g/mol. The van der Waals surface area contributed by atoms with Crippen LogP contribution in [0, 0.1) is 0 Å². The highest BCUT2D eigenvalue weighted by Crippen LogP contribution is 2.39. The van der Waals surface area contributed by atoms with Crippen LogP contribution in [-0.2, 0) is 20.0 Å². The first kappa shape index (κ1) is 19.8. The molecule has 0 atom stereocenters. The summed E-state index contributed by atoms with van der Waals surface area (Å²) in [5.41, 5.74) is 10.3. The van der Waals surface area contributed by atoms with Crippen molar-refractivity contribution >= 4 is 40.5 Å². The van der Waals surface area contributed by atoms with Crippen molar-refractivity contribution in [3.05, 3.63) is 63.7 Å². The number of imidazole rings is 1. The van der Waals surface area contributed by atoms with Crippen molar-refractivity contribution in [2.24, 2.45) is 7.05 Å². The van der Waals surface area contributed by atoms with Gasteiger partial charge >= 0.3 is 0 Å². The lowest BCUT2D eigenvalue weighted by Gasteiger charge is -2.21. The quantitative estimate of drug-likeness (QED) is 0.611. The molecule has 1 aromatic heterocycles. The largest absolute Gasteiger partial charge is 0.398 e. The maximum absolute atomic E-state index is 12.9. The number of fused-ring (bicyclic) bond motifs is 1. The van der Waals surface area contributed by atoms with Gasteiger partial charge in [0.2, 0.25) is 0 Å². The molecule has 0 fully saturated rings. The number of carbonyl (C=O) groups excluding carboxylic acids is 1. The number of nitrogen functional groups attached to an aromatic ring is 1. The maximum Gasteiger partial charge on any atom is 0.291 e. The fraction of sp³-hybridized carbons (Fsp3) is 0.238. The zero-order chi connectivity index (χ0) is 20.7. The lowest BCUT2D eigenvalue weighted by Crippen LogP contribution is -2.27. The predicted molar refractivity (Wildman–Crippen MR) is 118 cm³/mol. The molecule has 0 bridgehead atoms. The lowest BCUT2D eigenvalue weighted by molar-refractivity contribution is 0.101. The Morgan fingerprint density at radius 3 is 2.55 bits per heavy atom. The number of nitrogens with zero attached hydrogens (tertiary/aromatic N) is 3. The minimum absolute atomic E-state index is 0.303. The number of hydrogen-bond acceptors (Lipinski definition) is 4. The summed E-state index contributed by atoms with van der Waals surface area (Å²) >= 11 is 13.0. The number of hydrogen-bond donors (Lipinski definition) is 2. The molecule has 2 heterocycles. The number of nitrogens with one attached hydrogen (secondary N) is 1. The van der Waals surface area contributed by atoms with Gasteiger partial charge in [0.1, 0.15) is 0 Å². The highest BCUT2D eigenvalue weighted by Gasteiger charge is 2.24. The van der Waals surface area contributed by atoms with Crippen molar-refractivity contribution in [2.45, 2.75) is 13.0 Å². The van der Waals surface area contributed by atoms with Gasteiger partial charge in [-0.2, -0.15) is 0 Å². The van der Waals surface area contributed by atoms with E-state index in [1.165, 1.54) is 0 Å². The van der Waals surface area contributed by atoms with E-state index in [2.05, 4.69) is 15.2 Å². The molecule has 4 rings (SSSR count). The van der Waals surface area contributed by atoms with Crippen LogP contribution in [0.4, 0.5) is 11.4 Å². The first-order valence-electron chi connectivity index (χ1n) is 9.24. The molecule has 6 nitrogen and oxygen atoms in total. The second kappa shape index (κ2) is 7.71. The number of carbonyl (C=O) groups is 1. The number of rotatable bonds is 3. The van der Waals surface area contributed by atoms with Crippen LogP contribution in [0.25, 0.3) is 11.1 Å². The second-order valence-corrected chi connectivity index (χ2v) is 7.96. The SMILES string of the molecule is CN1CCc2c(nc(C(=O)Nc3cccc(-c4cccc(N)c4Cl)c3Cl)n2C)C1. The smallest absolute Gasteiger partial charge is 0.291 e. The molecule has 1 aliphatic heterocycles. The molecule has 0 saturated carbocycles. The minimum atomic E-state index is -0.303. The van der Waals surface area contributed by atoms with Gasteiger partial charge < -0.3 is 20.5 Å². The Bertz CT molecular complexity index is 1110. The first-order valence-corrected chi connectivity index (χ1v) is 9.99. The van der Waals surface area contributed by atoms with Crippen LogP contribution in [0.2, 0.25) is 10.0 Å². The molecule has 3 aromatic rings. The Labute approximate surface area is 179 Å². The molecule has 0 saturated heterocycles. The topological polar surface area (TPSA) is 76.2 Å². The Hall–Kier alpha value is -2.54. The molecule has 3 N–H and O–H groups in total. The number of anilines is 2. The van der Waals surface area contributed by atoms with Crippen LogP contribution < -0.4 is 11.1 Å². The number of aromatic nitrogens is 2. The summed E-state index contributed by atoms with van der Waals surface area (Å²) in [6.07, 6.45) is 0.868. The summed E-state index contributed by atoms with van der Waals surface area (Å²) in [4.78, 5) is 19.7. The Balaban J connectivity index is 1.66. The molecule has 1 aliphatic rings. The number of nitrogens with two attached hydrogens (primary N) is 1. The van der Waals surface area contributed by atoms with E-state index < -0.39 is 0 Å². The van der Waals surface area contributed by atoms with Gasteiger partial charge in [0, 0.05) is 43.4 Å². The van der Waals surface area contributed by atoms with Crippen LogP contribution in [0.15, 0.2) is 36.4 Å². The molecular formula is C21H21Cl2N5O. The highest BCUT2D eigenvalue weighted by atomic mass is 35.5. The summed E-state index contributed by atoms with van der Waals surface area (Å²) < 4.78 is 1.87. The lowest BCUT2D eigenvalue weighted by atomic mass is 10.0. The van der Waals surface area contributed by atoms with Crippen LogP contribution in [0.3, 0.4) is 0 Å². The molecule has 0 unspecified atom stereocenters. The van der Waals surface area contributed by atoms with Gasteiger partial charge in [-0.3, -0.25) is 4.79 Å². The molecule has 8 heteroatoms. The molecule has 0 radical (unpaired) electrons. The summed E-state index contributed by atoms with van der Waals surface area (Å²) in [6, 6.07) is 10.8. The van der Waals surface area contributed by atoms with Gasteiger partial charge in [0.25, 0.3) is 5.91 Å². The van der Waals surface area contributed by atoms with Crippen LogP contribution in [0.1, 0.15) is 22.0 Å². The number of halogens is 2. The number of benzene rings is 2. The summed E-state index contributed by atoms with van der Waals surface area (Å²) in [5.74, 6) is 0.0658. The van der Waals surface area contributed by atoms with Gasteiger partial charge in [-0.15, -0.1) is 0 Å². The fourth-order valence-corrected chi connectivity index (χ4v) is 4.14. The monoisotopic (exact) mass is 429 g/mol. The predicted octanol–water partition coefficient (Wildman–Crippen LogP) is 4.22. The normalized spacial score (nSPS) is 13.9. The van der Waals surface area contributed by atoms with Crippen molar-refractivity contribution in [1.29, 1.82) is 0 Å². The molecule has 0 spiro atoms. The van der Waals surface area contributed by atoms with Crippen molar-refractivity contribution < 1.29 is 4.79 Å². The molecule has 150 valence electrons. The zero-order valence-electron chi connectivity index (χ0n) is 16.2. The van der Waals surface area contributed by atoms with Crippen molar-refractivity contribution in [3.63, 3.8) is 0 Å². The van der Waals surface area contributed by atoms with Crippen molar-refractivity contribution in [3.8, 4) is 11.1 Å². The van der Waals surface area contributed by atoms with Gasteiger partial charge in [-0.1, -0.05) is 47.5 Å². The van der Waals surface area contributed by atoms with Crippen LogP contribution in [0.5, 0.6) is 0 Å². The zero-order valence-corrected chi connectivity index (χ0v) is 17.7. The maximum atomic E-state index is 12.9. The van der Waals surface area contributed by atoms with Gasteiger partial charge in [0.05, 0.1) is 27.1 Å². The Kier molecular flexibility index (Phi) is 5.25. The van der Waals surface area contributed by atoms with E-state index in [1.807, 2.05) is 42.9 Å². The summed E-state index contributed by atoms with van der Waals surface area (Å²) in [5, 5.41) is 3.71. The van der Waals surface area contributed by atoms with E-state index in [0.29, 0.717) is 38.4 Å². The third-order valence-electron chi connectivity index (χ3n) is 5.22. The Morgan fingerprint density at radius 2 is 1.79 bits per heavy atom. The summed E-state index contributed by atoms with van der Waals surface area (Å²) in [7, 11) is 3.92. The van der Waals surface area contributed by atoms with Crippen molar-refractivity contribution in [2.75, 3.05) is 24.6 Å².